The summed E-state index contributed by atoms with van der Waals surface area (Å²) < 4.78 is 16.0. The van der Waals surface area contributed by atoms with Gasteiger partial charge >= 0.3 is 5.97 Å². The van der Waals surface area contributed by atoms with Crippen molar-refractivity contribution in [1.82, 2.24) is 9.13 Å². The number of aromatic nitrogens is 2. The van der Waals surface area contributed by atoms with Crippen molar-refractivity contribution in [1.29, 1.82) is 5.26 Å². The van der Waals surface area contributed by atoms with Crippen LogP contribution in [0, 0.1) is 39.0 Å². The van der Waals surface area contributed by atoms with Crippen molar-refractivity contribution in [3.05, 3.63) is 98.2 Å². The lowest BCUT2D eigenvalue weighted by atomic mass is 9.95. The van der Waals surface area contributed by atoms with Gasteiger partial charge in [0.2, 0.25) is 0 Å². The van der Waals surface area contributed by atoms with Gasteiger partial charge in [0.25, 0.3) is 5.56 Å². The normalized spacial score (nSPS) is 14.9. The first-order valence-corrected chi connectivity index (χ1v) is 15.7. The number of methoxy groups -OCH3 is 1. The molecule has 42 heavy (non-hydrogen) atoms. The number of carbonyl (C=O) groups is 1. The number of thiophene rings is 1. The summed E-state index contributed by atoms with van der Waals surface area (Å²) in [6.45, 7) is 11.6. The van der Waals surface area contributed by atoms with E-state index in [0.717, 1.165) is 36.9 Å². The van der Waals surface area contributed by atoms with Crippen molar-refractivity contribution < 1.29 is 14.3 Å². The number of nitriles is 1. The molecule has 0 radical (unpaired) electrons. The molecular weight excluding hydrogens is 636 g/mol. The van der Waals surface area contributed by atoms with Crippen LogP contribution in [0.15, 0.2) is 49.8 Å². The summed E-state index contributed by atoms with van der Waals surface area (Å²) in [5, 5.41) is 10.7. The van der Waals surface area contributed by atoms with Gasteiger partial charge in [-0.2, -0.15) is 5.26 Å². The summed E-state index contributed by atoms with van der Waals surface area (Å²) in [5.41, 5.74) is 5.53. The Hall–Kier alpha value is -3.72. The van der Waals surface area contributed by atoms with E-state index in [1.807, 2.05) is 52.0 Å². The smallest absolute Gasteiger partial charge is 0.338 e. The van der Waals surface area contributed by atoms with Crippen LogP contribution in [-0.2, 0) is 9.53 Å². The molecule has 3 aromatic heterocycles. The van der Waals surface area contributed by atoms with Crippen molar-refractivity contribution in [3.8, 4) is 16.8 Å². The molecule has 0 fully saturated rings. The number of thiazole rings is 1. The number of hydrogen-bond donors (Lipinski definition) is 0. The van der Waals surface area contributed by atoms with E-state index in [0.29, 0.717) is 31.9 Å². The highest BCUT2D eigenvalue weighted by atomic mass is 79.9. The van der Waals surface area contributed by atoms with E-state index in [1.165, 1.54) is 11.3 Å². The van der Waals surface area contributed by atoms with Gasteiger partial charge in [0.15, 0.2) is 4.80 Å². The molecule has 1 aliphatic rings. The van der Waals surface area contributed by atoms with Gasteiger partial charge in [-0.15, -0.1) is 11.3 Å². The molecule has 0 aliphatic carbocycles. The minimum atomic E-state index is -0.794. The van der Waals surface area contributed by atoms with Crippen molar-refractivity contribution >= 4 is 50.6 Å². The molecular formula is C31H29BrN4O4S2. The molecule has 5 rings (SSSR count). The van der Waals surface area contributed by atoms with Crippen molar-refractivity contribution in [2.45, 2.75) is 47.6 Å². The van der Waals surface area contributed by atoms with Crippen LogP contribution < -0.4 is 19.6 Å². The van der Waals surface area contributed by atoms with Crippen molar-refractivity contribution in [2.24, 2.45) is 4.99 Å². The molecule has 0 saturated carbocycles. The Morgan fingerprint density at radius 3 is 2.60 bits per heavy atom. The van der Waals surface area contributed by atoms with Gasteiger partial charge in [-0.25, -0.2) is 9.79 Å². The lowest BCUT2D eigenvalue weighted by molar-refractivity contribution is -0.139. The molecule has 1 aromatic carbocycles. The minimum absolute atomic E-state index is 0.189. The fraction of sp³-hybridized carbons (Fsp3) is 0.290. The first kappa shape index (κ1) is 29.8. The number of benzene rings is 1. The Bertz CT molecular complexity index is 2020. The monoisotopic (exact) mass is 664 g/mol. The number of aryl methyl sites for hydroxylation is 2. The molecule has 4 aromatic rings. The summed E-state index contributed by atoms with van der Waals surface area (Å²) in [5.74, 6) is 0.00564. The topological polar surface area (TPSA) is 98.6 Å². The van der Waals surface area contributed by atoms with E-state index >= 15 is 0 Å². The largest absolute Gasteiger partial charge is 0.496 e. The Balaban J connectivity index is 1.74. The average molecular weight is 666 g/mol. The summed E-state index contributed by atoms with van der Waals surface area (Å²) in [6, 6.07) is 9.07. The van der Waals surface area contributed by atoms with Crippen LogP contribution in [0.1, 0.15) is 58.4 Å². The molecule has 4 heterocycles. The zero-order chi connectivity index (χ0) is 30.5. The zero-order valence-corrected chi connectivity index (χ0v) is 27.5. The Morgan fingerprint density at radius 1 is 1.19 bits per heavy atom. The van der Waals surface area contributed by atoms with Gasteiger partial charge in [-0.3, -0.25) is 9.36 Å². The molecule has 0 unspecified atom stereocenters. The first-order valence-electron chi connectivity index (χ1n) is 13.2. The third kappa shape index (κ3) is 4.87. The van der Waals surface area contributed by atoms with E-state index in [2.05, 4.69) is 31.6 Å². The molecule has 0 saturated heterocycles. The molecule has 0 spiro atoms. The summed E-state index contributed by atoms with van der Waals surface area (Å²) in [7, 11) is 1.56. The third-order valence-corrected chi connectivity index (χ3v) is 10.1. The Labute approximate surface area is 259 Å². The van der Waals surface area contributed by atoms with Gasteiger partial charge in [-0.1, -0.05) is 27.3 Å². The number of nitrogens with zero attached hydrogens (tertiary/aromatic N) is 4. The molecule has 1 aliphatic heterocycles. The van der Waals surface area contributed by atoms with Crippen LogP contribution in [0.25, 0.3) is 11.1 Å². The quantitative estimate of drug-likeness (QED) is 0.253. The standard InChI is InChI=1S/C31H29BrN4O4S2/c1-8-40-30(38)26-17(4)34-31-36(27(26)22-13-21(32)9-10-24(22)39-7)28(37)25(42-31)12-20-11-15(2)35(18(20)5)29-23(14-33)16(3)19(6)41-29/h9-13,27H,8H2,1-7H3/b25-12-/t27-/m1/s1. The minimum Gasteiger partial charge on any atom is -0.496 e. The van der Waals surface area contributed by atoms with Crippen LogP contribution >= 0.6 is 38.6 Å². The van der Waals surface area contributed by atoms with E-state index in [4.69, 9.17) is 9.47 Å². The fourth-order valence-electron chi connectivity index (χ4n) is 5.29. The third-order valence-electron chi connectivity index (χ3n) is 7.44. The summed E-state index contributed by atoms with van der Waals surface area (Å²) in [4.78, 5) is 33.7. The highest BCUT2D eigenvalue weighted by molar-refractivity contribution is 9.10. The second kappa shape index (κ2) is 11.5. The predicted molar refractivity (Wildman–Crippen MR) is 168 cm³/mol. The van der Waals surface area contributed by atoms with E-state index in [1.54, 1.807) is 42.9 Å². The van der Waals surface area contributed by atoms with E-state index in [-0.39, 0.29) is 17.7 Å². The van der Waals surface area contributed by atoms with Gasteiger partial charge < -0.3 is 14.0 Å². The van der Waals surface area contributed by atoms with Gasteiger partial charge in [0, 0.05) is 26.3 Å². The average Bonchev–Trinajstić information content (AvgIpc) is 3.51. The molecule has 0 N–H and O–H groups in total. The fourth-order valence-corrected chi connectivity index (χ4v) is 7.92. The number of rotatable bonds is 6. The van der Waals surface area contributed by atoms with Crippen LogP contribution in [0.3, 0.4) is 0 Å². The second-order valence-corrected chi connectivity index (χ2v) is 13.1. The molecule has 1 atom stereocenters. The maximum Gasteiger partial charge on any atom is 0.338 e. The van der Waals surface area contributed by atoms with Crippen molar-refractivity contribution in [3.63, 3.8) is 0 Å². The lowest BCUT2D eigenvalue weighted by Crippen LogP contribution is -2.40. The number of fused-ring (bicyclic) bond motifs is 1. The first-order chi connectivity index (χ1) is 20.0. The summed E-state index contributed by atoms with van der Waals surface area (Å²) in [6.07, 6.45) is 1.86. The number of allylic oxidation sites excluding steroid dienone is 1. The second-order valence-electron chi connectivity index (χ2n) is 9.93. The number of ether oxygens (including phenoxy) is 2. The number of hydrogen-bond acceptors (Lipinski definition) is 8. The van der Waals surface area contributed by atoms with E-state index in [9.17, 15) is 14.9 Å². The zero-order valence-electron chi connectivity index (χ0n) is 24.3. The Kier molecular flexibility index (Phi) is 8.16. The van der Waals surface area contributed by atoms with Crippen LogP contribution in [-0.4, -0.2) is 28.8 Å². The molecule has 8 nitrogen and oxygen atoms in total. The van der Waals surface area contributed by atoms with Gasteiger partial charge in [0.1, 0.15) is 22.9 Å². The molecule has 216 valence electrons. The lowest BCUT2D eigenvalue weighted by Gasteiger charge is -2.26. The number of carbonyl (C=O) groups excluding carboxylic acids is 1. The van der Waals surface area contributed by atoms with Crippen LogP contribution in [0.5, 0.6) is 5.75 Å². The SMILES string of the molecule is CCOC(=O)C1=C(C)N=c2s/c(=C\c3cc(C)n(-c4sc(C)c(C)c4C#N)c3C)c(=O)n2[C@@H]1c1cc(Br)ccc1OC. The maximum atomic E-state index is 14.1. The number of esters is 1. The number of halogens is 1. The van der Waals surface area contributed by atoms with Gasteiger partial charge in [0.05, 0.1) is 35.1 Å². The highest BCUT2D eigenvalue weighted by Crippen LogP contribution is 2.37. The maximum absolute atomic E-state index is 14.1. The summed E-state index contributed by atoms with van der Waals surface area (Å²) >= 11 is 6.38. The molecule has 11 heteroatoms. The van der Waals surface area contributed by atoms with Crippen LogP contribution in [0.4, 0.5) is 0 Å². The molecule has 0 amide bonds. The van der Waals surface area contributed by atoms with Crippen LogP contribution in [0.2, 0.25) is 0 Å². The van der Waals surface area contributed by atoms with Crippen molar-refractivity contribution in [2.75, 3.05) is 13.7 Å². The predicted octanol–water partition coefficient (Wildman–Crippen LogP) is 5.53. The highest BCUT2D eigenvalue weighted by Gasteiger charge is 2.35. The van der Waals surface area contributed by atoms with Gasteiger partial charge in [-0.05, 0) is 83.0 Å². The molecule has 0 bridgehead atoms. The Morgan fingerprint density at radius 2 is 1.93 bits per heavy atom. The van der Waals surface area contributed by atoms with E-state index < -0.39 is 12.0 Å².